The number of halogens is 2. The summed E-state index contributed by atoms with van der Waals surface area (Å²) in [5, 5.41) is 3.73. The maximum absolute atomic E-state index is 13.1. The van der Waals surface area contributed by atoms with Gasteiger partial charge in [0.15, 0.2) is 0 Å². The summed E-state index contributed by atoms with van der Waals surface area (Å²) < 4.78 is 13.1. The van der Waals surface area contributed by atoms with E-state index in [2.05, 4.69) is 5.32 Å². The van der Waals surface area contributed by atoms with Crippen LogP contribution in [0.4, 0.5) is 4.39 Å². The Balaban J connectivity index is 1.71. The Hall–Kier alpha value is -1.13. The Morgan fingerprint density at radius 1 is 1.33 bits per heavy atom. The molecular formula is C16H20ClFN2O. The summed E-state index contributed by atoms with van der Waals surface area (Å²) in [5.41, 5.74) is 0.401. The van der Waals surface area contributed by atoms with E-state index < -0.39 is 5.82 Å². The molecule has 5 heteroatoms. The van der Waals surface area contributed by atoms with Crippen LogP contribution in [0.2, 0.25) is 5.02 Å². The number of carbonyl (C=O) groups is 1. The fourth-order valence-corrected chi connectivity index (χ4v) is 3.72. The Bertz CT molecular complexity index is 531. The monoisotopic (exact) mass is 310 g/mol. The maximum Gasteiger partial charge on any atom is 0.255 e. The van der Waals surface area contributed by atoms with E-state index in [1.165, 1.54) is 37.5 Å². The first-order valence-electron chi connectivity index (χ1n) is 7.63. The molecule has 2 fully saturated rings. The largest absolute Gasteiger partial charge is 0.338 e. The third-order valence-electron chi connectivity index (χ3n) is 4.57. The predicted octanol–water partition coefficient (Wildman–Crippen LogP) is 3.08. The van der Waals surface area contributed by atoms with Crippen molar-refractivity contribution in [3.8, 4) is 0 Å². The third kappa shape index (κ3) is 3.22. The first-order valence-corrected chi connectivity index (χ1v) is 8.00. The van der Waals surface area contributed by atoms with Crippen molar-refractivity contribution in [1.29, 1.82) is 0 Å². The van der Waals surface area contributed by atoms with Crippen molar-refractivity contribution in [2.24, 2.45) is 5.92 Å². The Morgan fingerprint density at radius 3 is 2.90 bits per heavy atom. The Labute approximate surface area is 129 Å². The van der Waals surface area contributed by atoms with E-state index in [9.17, 15) is 9.18 Å². The van der Waals surface area contributed by atoms with Gasteiger partial charge in [0.2, 0.25) is 0 Å². The van der Waals surface area contributed by atoms with Gasteiger partial charge in [-0.15, -0.1) is 0 Å². The van der Waals surface area contributed by atoms with Crippen molar-refractivity contribution in [3.05, 3.63) is 34.6 Å². The number of amides is 1. The van der Waals surface area contributed by atoms with Crippen LogP contribution in [0.3, 0.4) is 0 Å². The lowest BCUT2D eigenvalue weighted by molar-refractivity contribution is 0.0651. The second kappa shape index (κ2) is 6.32. The number of carbonyl (C=O) groups excluding carboxylic acids is 1. The molecule has 1 amide bonds. The molecule has 1 aromatic carbocycles. The molecule has 1 aromatic rings. The molecule has 0 bridgehead atoms. The van der Waals surface area contributed by atoms with Gasteiger partial charge >= 0.3 is 0 Å². The number of hydrogen-bond donors (Lipinski definition) is 1. The lowest BCUT2D eigenvalue weighted by Crippen LogP contribution is -2.45. The summed E-state index contributed by atoms with van der Waals surface area (Å²) >= 11 is 6.01. The number of rotatable bonds is 2. The van der Waals surface area contributed by atoms with Crippen LogP contribution >= 0.6 is 11.6 Å². The van der Waals surface area contributed by atoms with Gasteiger partial charge in [-0.1, -0.05) is 11.6 Å². The van der Waals surface area contributed by atoms with Gasteiger partial charge in [-0.3, -0.25) is 4.79 Å². The molecule has 0 aliphatic carbocycles. The topological polar surface area (TPSA) is 32.3 Å². The van der Waals surface area contributed by atoms with E-state index in [0.717, 1.165) is 26.1 Å². The van der Waals surface area contributed by atoms with E-state index in [1.54, 1.807) is 0 Å². The van der Waals surface area contributed by atoms with E-state index in [0.29, 0.717) is 17.5 Å². The zero-order chi connectivity index (χ0) is 14.8. The van der Waals surface area contributed by atoms with Gasteiger partial charge in [-0.05, 0) is 56.3 Å². The van der Waals surface area contributed by atoms with E-state index in [1.807, 2.05) is 4.90 Å². The smallest absolute Gasteiger partial charge is 0.255 e. The molecule has 3 nitrogen and oxygen atoms in total. The summed E-state index contributed by atoms with van der Waals surface area (Å²) in [6.07, 6.45) is 4.61. The normalized spacial score (nSPS) is 26.1. The number of piperidine rings is 1. The molecule has 2 atom stereocenters. The molecule has 0 radical (unpaired) electrons. The van der Waals surface area contributed by atoms with Crippen molar-refractivity contribution in [2.75, 3.05) is 19.6 Å². The summed E-state index contributed by atoms with van der Waals surface area (Å²) in [6, 6.07) is 4.51. The molecular weight excluding hydrogens is 291 g/mol. The molecule has 1 N–H and O–H groups in total. The van der Waals surface area contributed by atoms with Crippen molar-refractivity contribution < 1.29 is 9.18 Å². The molecule has 114 valence electrons. The number of likely N-dealkylation sites (tertiary alicyclic amines) is 1. The first kappa shape index (κ1) is 14.8. The minimum absolute atomic E-state index is 0.0808. The average Bonchev–Trinajstić information content (AvgIpc) is 3.01. The summed E-state index contributed by atoms with van der Waals surface area (Å²) in [4.78, 5) is 14.5. The van der Waals surface area contributed by atoms with Crippen LogP contribution in [0.5, 0.6) is 0 Å². The van der Waals surface area contributed by atoms with Crippen LogP contribution in [0.1, 0.15) is 36.0 Å². The van der Waals surface area contributed by atoms with Crippen molar-refractivity contribution in [1.82, 2.24) is 10.2 Å². The molecule has 2 aliphatic rings. The number of nitrogens with zero attached hydrogens (tertiary/aromatic N) is 1. The van der Waals surface area contributed by atoms with Gasteiger partial charge in [0, 0.05) is 19.1 Å². The Kier molecular flexibility index (Phi) is 4.45. The first-order chi connectivity index (χ1) is 10.1. The molecule has 0 saturated carbocycles. The number of hydrogen-bond acceptors (Lipinski definition) is 2. The van der Waals surface area contributed by atoms with Crippen LogP contribution in [0.25, 0.3) is 0 Å². The quantitative estimate of drug-likeness (QED) is 0.910. The van der Waals surface area contributed by atoms with Crippen LogP contribution in [0.15, 0.2) is 18.2 Å². The van der Waals surface area contributed by atoms with E-state index in [4.69, 9.17) is 11.6 Å². The fraction of sp³-hybridized carbons (Fsp3) is 0.562. The van der Waals surface area contributed by atoms with Gasteiger partial charge in [0.05, 0.1) is 10.6 Å². The second-order valence-corrected chi connectivity index (χ2v) is 6.39. The lowest BCUT2D eigenvalue weighted by atomic mass is 9.89. The van der Waals surface area contributed by atoms with Crippen molar-refractivity contribution in [3.63, 3.8) is 0 Å². The van der Waals surface area contributed by atoms with Gasteiger partial charge in [0.25, 0.3) is 5.91 Å². The molecule has 0 aromatic heterocycles. The second-order valence-electron chi connectivity index (χ2n) is 5.98. The SMILES string of the molecule is O=C(c1ccc(F)cc1Cl)N1CCCC(C2CCCN2)C1. The van der Waals surface area contributed by atoms with Crippen LogP contribution in [0, 0.1) is 11.7 Å². The number of nitrogens with one attached hydrogen (secondary N) is 1. The molecule has 2 saturated heterocycles. The lowest BCUT2D eigenvalue weighted by Gasteiger charge is -2.36. The van der Waals surface area contributed by atoms with E-state index >= 15 is 0 Å². The van der Waals surface area contributed by atoms with Crippen molar-refractivity contribution >= 4 is 17.5 Å². The number of benzene rings is 1. The fourth-order valence-electron chi connectivity index (χ4n) is 3.47. The van der Waals surface area contributed by atoms with Crippen LogP contribution < -0.4 is 5.32 Å². The average molecular weight is 311 g/mol. The maximum atomic E-state index is 13.1. The zero-order valence-electron chi connectivity index (χ0n) is 11.9. The third-order valence-corrected chi connectivity index (χ3v) is 4.89. The van der Waals surface area contributed by atoms with Gasteiger partial charge in [-0.25, -0.2) is 4.39 Å². The molecule has 2 unspecified atom stereocenters. The highest BCUT2D eigenvalue weighted by Gasteiger charge is 2.31. The van der Waals surface area contributed by atoms with Gasteiger partial charge < -0.3 is 10.2 Å². The summed E-state index contributed by atoms with van der Waals surface area (Å²) in [5.74, 6) is 0.0235. The Morgan fingerprint density at radius 2 is 2.19 bits per heavy atom. The highest BCUT2D eigenvalue weighted by atomic mass is 35.5. The predicted molar refractivity (Wildman–Crippen MR) is 81.1 cm³/mol. The molecule has 2 aliphatic heterocycles. The standard InChI is InChI=1S/C16H20ClFN2O/c17-14-9-12(18)5-6-13(14)16(21)20-8-2-3-11(10-20)15-4-1-7-19-15/h5-6,9,11,15,19H,1-4,7-8,10H2. The van der Waals surface area contributed by atoms with E-state index in [-0.39, 0.29) is 10.9 Å². The zero-order valence-corrected chi connectivity index (χ0v) is 12.7. The van der Waals surface area contributed by atoms with Crippen LogP contribution in [-0.2, 0) is 0 Å². The highest BCUT2D eigenvalue weighted by Crippen LogP contribution is 2.27. The van der Waals surface area contributed by atoms with Crippen molar-refractivity contribution in [2.45, 2.75) is 31.7 Å². The van der Waals surface area contributed by atoms with Gasteiger partial charge in [-0.2, -0.15) is 0 Å². The summed E-state index contributed by atoms with van der Waals surface area (Å²) in [6.45, 7) is 2.61. The summed E-state index contributed by atoms with van der Waals surface area (Å²) in [7, 11) is 0. The highest BCUT2D eigenvalue weighted by molar-refractivity contribution is 6.33. The minimum atomic E-state index is -0.414. The molecule has 21 heavy (non-hydrogen) atoms. The molecule has 2 heterocycles. The minimum Gasteiger partial charge on any atom is -0.338 e. The van der Waals surface area contributed by atoms with Crippen LogP contribution in [-0.4, -0.2) is 36.5 Å². The molecule has 0 spiro atoms. The van der Waals surface area contributed by atoms with Gasteiger partial charge in [0.1, 0.15) is 5.82 Å². The molecule has 3 rings (SSSR count).